The average molecular weight is 258 g/mol. The molecule has 0 radical (unpaired) electrons. The molecule has 0 saturated carbocycles. The first-order valence-corrected chi connectivity index (χ1v) is 4.91. The zero-order valence-corrected chi connectivity index (χ0v) is 9.96. The van der Waals surface area contributed by atoms with E-state index in [0.717, 1.165) is 0 Å². The number of halogens is 1. The van der Waals surface area contributed by atoms with Gasteiger partial charge in [-0.25, -0.2) is 0 Å². The molecule has 76 valence electrons. The maximum Gasteiger partial charge on any atom is 0.254 e. The van der Waals surface area contributed by atoms with E-state index in [9.17, 15) is 4.79 Å². The van der Waals surface area contributed by atoms with E-state index in [1.807, 2.05) is 0 Å². The minimum atomic E-state index is -0.0456. The van der Waals surface area contributed by atoms with Gasteiger partial charge in [0.2, 0.25) is 0 Å². The number of carbonyl (C=O) groups excluding carboxylic acids is 1. The molecular weight excluding hydrogens is 246 g/mol. The molecule has 0 aliphatic heterocycles. The van der Waals surface area contributed by atoms with Gasteiger partial charge in [-0.2, -0.15) is 0 Å². The smallest absolute Gasteiger partial charge is 0.254 e. The van der Waals surface area contributed by atoms with Crippen LogP contribution < -0.4 is 4.74 Å². The summed E-state index contributed by atoms with van der Waals surface area (Å²) < 4.78 is 5.79. The van der Waals surface area contributed by atoms with Crippen LogP contribution in [0.15, 0.2) is 22.7 Å². The molecule has 1 amide bonds. The lowest BCUT2D eigenvalue weighted by Crippen LogP contribution is -2.22. The van der Waals surface area contributed by atoms with E-state index in [-0.39, 0.29) is 5.91 Å². The summed E-state index contributed by atoms with van der Waals surface area (Å²) in [4.78, 5) is 13.2. The van der Waals surface area contributed by atoms with Crippen LogP contribution in [0.5, 0.6) is 5.75 Å². The molecule has 1 aromatic carbocycles. The molecule has 14 heavy (non-hydrogen) atoms. The fourth-order valence-corrected chi connectivity index (χ4v) is 1.67. The number of rotatable bonds is 2. The molecule has 0 fully saturated rings. The molecule has 0 atom stereocenters. The van der Waals surface area contributed by atoms with E-state index >= 15 is 0 Å². The van der Waals surface area contributed by atoms with Crippen molar-refractivity contribution >= 4 is 21.8 Å². The highest BCUT2D eigenvalue weighted by atomic mass is 79.9. The van der Waals surface area contributed by atoms with E-state index in [2.05, 4.69) is 15.9 Å². The minimum absolute atomic E-state index is 0.0456. The van der Waals surface area contributed by atoms with Crippen LogP contribution in [0.25, 0.3) is 0 Å². The monoisotopic (exact) mass is 257 g/mol. The highest BCUT2D eigenvalue weighted by molar-refractivity contribution is 9.10. The molecule has 0 N–H and O–H groups in total. The third kappa shape index (κ3) is 2.07. The molecule has 0 aliphatic carbocycles. The van der Waals surface area contributed by atoms with Crippen LogP contribution in [0.4, 0.5) is 0 Å². The van der Waals surface area contributed by atoms with Gasteiger partial charge in [0.15, 0.2) is 0 Å². The Morgan fingerprint density at radius 3 is 2.57 bits per heavy atom. The van der Waals surface area contributed by atoms with E-state index in [1.165, 1.54) is 4.90 Å². The van der Waals surface area contributed by atoms with Gasteiger partial charge in [0.1, 0.15) is 5.75 Å². The average Bonchev–Trinajstić information content (AvgIpc) is 2.17. The van der Waals surface area contributed by atoms with Crippen molar-refractivity contribution in [2.24, 2.45) is 0 Å². The summed E-state index contributed by atoms with van der Waals surface area (Å²) in [7, 11) is 5.01. The maximum atomic E-state index is 11.7. The van der Waals surface area contributed by atoms with Crippen LogP contribution in [-0.2, 0) is 0 Å². The van der Waals surface area contributed by atoms with Crippen LogP contribution in [0.1, 0.15) is 10.4 Å². The Hall–Kier alpha value is -1.03. The number of methoxy groups -OCH3 is 1. The second-order valence-corrected chi connectivity index (χ2v) is 3.81. The van der Waals surface area contributed by atoms with Crippen LogP contribution in [-0.4, -0.2) is 32.0 Å². The lowest BCUT2D eigenvalue weighted by atomic mass is 10.2. The van der Waals surface area contributed by atoms with Gasteiger partial charge in [-0.15, -0.1) is 0 Å². The van der Waals surface area contributed by atoms with Crippen molar-refractivity contribution in [3.05, 3.63) is 28.2 Å². The van der Waals surface area contributed by atoms with Gasteiger partial charge in [-0.1, -0.05) is 6.07 Å². The predicted molar refractivity (Wildman–Crippen MR) is 58.7 cm³/mol. The van der Waals surface area contributed by atoms with Crippen molar-refractivity contribution in [3.8, 4) is 5.75 Å². The second kappa shape index (κ2) is 4.46. The number of benzene rings is 1. The Kier molecular flexibility index (Phi) is 3.52. The lowest BCUT2D eigenvalue weighted by Gasteiger charge is -2.13. The molecule has 1 rings (SSSR count). The first kappa shape index (κ1) is 11.0. The van der Waals surface area contributed by atoms with E-state index in [0.29, 0.717) is 15.8 Å². The molecule has 0 unspecified atom stereocenters. The van der Waals surface area contributed by atoms with Crippen molar-refractivity contribution in [2.75, 3.05) is 21.2 Å². The zero-order chi connectivity index (χ0) is 10.7. The van der Waals surface area contributed by atoms with E-state index in [1.54, 1.807) is 39.4 Å². The molecule has 0 aromatic heterocycles. The lowest BCUT2D eigenvalue weighted by molar-refractivity contribution is 0.0826. The van der Waals surface area contributed by atoms with Gasteiger partial charge in [0.25, 0.3) is 5.91 Å². The highest BCUT2D eigenvalue weighted by Gasteiger charge is 2.14. The molecule has 1 aromatic rings. The first-order chi connectivity index (χ1) is 6.57. The zero-order valence-electron chi connectivity index (χ0n) is 8.37. The third-order valence-electron chi connectivity index (χ3n) is 1.82. The fraction of sp³-hybridized carbons (Fsp3) is 0.300. The maximum absolute atomic E-state index is 11.7. The summed E-state index contributed by atoms with van der Waals surface area (Å²) >= 11 is 3.34. The molecule has 0 spiro atoms. The van der Waals surface area contributed by atoms with E-state index < -0.39 is 0 Å². The van der Waals surface area contributed by atoms with Gasteiger partial charge in [-0.05, 0) is 28.1 Å². The van der Waals surface area contributed by atoms with Crippen LogP contribution in [0.2, 0.25) is 0 Å². The summed E-state index contributed by atoms with van der Waals surface area (Å²) in [6, 6.07) is 5.35. The Labute approximate surface area is 91.8 Å². The van der Waals surface area contributed by atoms with E-state index in [4.69, 9.17) is 4.74 Å². The Balaban J connectivity index is 3.16. The van der Waals surface area contributed by atoms with Gasteiger partial charge in [0, 0.05) is 14.1 Å². The van der Waals surface area contributed by atoms with Gasteiger partial charge < -0.3 is 9.64 Å². The molecule has 4 heteroatoms. The van der Waals surface area contributed by atoms with Crippen molar-refractivity contribution in [2.45, 2.75) is 0 Å². The normalized spacial score (nSPS) is 9.71. The largest absolute Gasteiger partial charge is 0.496 e. The molecule has 0 saturated heterocycles. The van der Waals surface area contributed by atoms with Crippen LogP contribution in [0, 0.1) is 0 Å². The molecule has 0 bridgehead atoms. The predicted octanol–water partition coefficient (Wildman–Crippen LogP) is 2.16. The van der Waals surface area contributed by atoms with Crippen molar-refractivity contribution in [1.82, 2.24) is 4.90 Å². The number of carbonyl (C=O) groups is 1. The fourth-order valence-electron chi connectivity index (χ4n) is 1.07. The van der Waals surface area contributed by atoms with Crippen LogP contribution >= 0.6 is 15.9 Å². The minimum Gasteiger partial charge on any atom is -0.496 e. The Bertz CT molecular complexity index is 350. The topological polar surface area (TPSA) is 29.5 Å². The molecular formula is C10H12BrNO2. The number of nitrogens with zero attached hydrogens (tertiary/aromatic N) is 1. The van der Waals surface area contributed by atoms with Gasteiger partial charge in [-0.3, -0.25) is 4.79 Å². The summed E-state index contributed by atoms with van der Waals surface area (Å²) in [5.41, 5.74) is 0.606. The Morgan fingerprint density at radius 2 is 2.07 bits per heavy atom. The molecule has 0 aliphatic rings. The first-order valence-electron chi connectivity index (χ1n) is 4.12. The molecule has 0 heterocycles. The summed E-state index contributed by atoms with van der Waals surface area (Å²) in [6.45, 7) is 0. The van der Waals surface area contributed by atoms with Crippen molar-refractivity contribution in [1.29, 1.82) is 0 Å². The number of ether oxygens (including phenoxy) is 1. The van der Waals surface area contributed by atoms with Gasteiger partial charge >= 0.3 is 0 Å². The summed E-state index contributed by atoms with van der Waals surface area (Å²) in [6.07, 6.45) is 0. The summed E-state index contributed by atoms with van der Waals surface area (Å²) in [5.74, 6) is 0.619. The Morgan fingerprint density at radius 1 is 1.43 bits per heavy atom. The molecule has 3 nitrogen and oxygen atoms in total. The van der Waals surface area contributed by atoms with Crippen LogP contribution in [0.3, 0.4) is 0 Å². The number of amides is 1. The van der Waals surface area contributed by atoms with Crippen molar-refractivity contribution in [3.63, 3.8) is 0 Å². The number of hydrogen-bond donors (Lipinski definition) is 0. The number of hydrogen-bond acceptors (Lipinski definition) is 2. The third-order valence-corrected chi connectivity index (χ3v) is 2.64. The second-order valence-electron chi connectivity index (χ2n) is 3.02. The SMILES string of the molecule is COc1cccc(C(=O)N(C)C)c1Br. The summed E-state index contributed by atoms with van der Waals surface area (Å²) in [5, 5.41) is 0. The quantitative estimate of drug-likeness (QED) is 0.813. The highest BCUT2D eigenvalue weighted by Crippen LogP contribution is 2.28. The van der Waals surface area contributed by atoms with Crippen molar-refractivity contribution < 1.29 is 9.53 Å². The van der Waals surface area contributed by atoms with Gasteiger partial charge in [0.05, 0.1) is 17.1 Å². The standard InChI is InChI=1S/C10H12BrNO2/c1-12(2)10(13)7-5-4-6-8(14-3)9(7)11/h4-6H,1-3H3.